The van der Waals surface area contributed by atoms with Crippen LogP contribution in [-0.2, 0) is 10.5 Å². The number of amides is 1. The molecule has 0 aliphatic rings. The normalized spacial score (nSPS) is 12.5. The van der Waals surface area contributed by atoms with Crippen molar-refractivity contribution in [3.8, 4) is 0 Å². The molecule has 0 radical (unpaired) electrons. The molecule has 0 aromatic heterocycles. The molecule has 1 amide bonds. The maximum absolute atomic E-state index is 12.8. The number of rotatable bonds is 4. The predicted octanol–water partition coefficient (Wildman–Crippen LogP) is 2.70. The molecule has 1 atom stereocenters. The summed E-state index contributed by atoms with van der Waals surface area (Å²) in [7, 11) is 0. The van der Waals surface area contributed by atoms with Crippen LogP contribution in [0.2, 0.25) is 0 Å². The van der Waals surface area contributed by atoms with Crippen LogP contribution in [0, 0.1) is 5.82 Å². The molecule has 1 aromatic carbocycles. The molecule has 2 N–H and O–H groups in total. The van der Waals surface area contributed by atoms with Crippen LogP contribution in [0.25, 0.3) is 0 Å². The second kappa shape index (κ2) is 5.51. The number of thioether (sulfide) groups is 1. The Balaban J connectivity index is 2.62. The summed E-state index contributed by atoms with van der Waals surface area (Å²) in [5, 5.41) is -0.234. The van der Waals surface area contributed by atoms with E-state index in [1.807, 2.05) is 0 Å². The Kier molecular flexibility index (Phi) is 4.60. The highest BCUT2D eigenvalue weighted by Gasteiger charge is 2.10. The summed E-state index contributed by atoms with van der Waals surface area (Å²) in [6.45, 7) is 1.75. The van der Waals surface area contributed by atoms with E-state index in [1.165, 1.54) is 23.9 Å². The molecule has 1 unspecified atom stereocenters. The van der Waals surface area contributed by atoms with Crippen LogP contribution in [0.3, 0.4) is 0 Å². The van der Waals surface area contributed by atoms with E-state index in [2.05, 4.69) is 15.9 Å². The standard InChI is InChI=1S/C10H11BrFNOS/c1-6(10(13)14)15-5-7-2-3-8(12)4-9(7)11/h2-4,6H,5H2,1H3,(H2,13,14). The van der Waals surface area contributed by atoms with Crippen molar-refractivity contribution in [2.24, 2.45) is 5.73 Å². The molecule has 0 saturated heterocycles. The SMILES string of the molecule is CC(SCc1ccc(F)cc1Br)C(N)=O. The zero-order valence-corrected chi connectivity index (χ0v) is 10.6. The molecule has 1 aromatic rings. The smallest absolute Gasteiger partial charge is 0.230 e. The highest BCUT2D eigenvalue weighted by molar-refractivity contribution is 9.10. The lowest BCUT2D eigenvalue weighted by molar-refractivity contribution is -0.117. The summed E-state index contributed by atoms with van der Waals surface area (Å²) < 4.78 is 13.5. The highest BCUT2D eigenvalue weighted by atomic mass is 79.9. The number of hydrogen-bond donors (Lipinski definition) is 1. The first kappa shape index (κ1) is 12.5. The van der Waals surface area contributed by atoms with Gasteiger partial charge in [0.25, 0.3) is 0 Å². The van der Waals surface area contributed by atoms with Crippen LogP contribution in [0.5, 0.6) is 0 Å². The van der Waals surface area contributed by atoms with E-state index < -0.39 is 0 Å². The third-order valence-corrected chi connectivity index (χ3v) is 3.85. The van der Waals surface area contributed by atoms with Crippen molar-refractivity contribution >= 4 is 33.6 Å². The average molecular weight is 292 g/mol. The first-order valence-corrected chi connectivity index (χ1v) is 6.19. The number of hydrogen-bond acceptors (Lipinski definition) is 2. The molecule has 0 saturated carbocycles. The van der Waals surface area contributed by atoms with E-state index in [0.717, 1.165) is 5.56 Å². The quantitative estimate of drug-likeness (QED) is 0.927. The fourth-order valence-electron chi connectivity index (χ4n) is 0.936. The van der Waals surface area contributed by atoms with Gasteiger partial charge in [-0.1, -0.05) is 22.0 Å². The van der Waals surface area contributed by atoms with Crippen molar-refractivity contribution in [3.05, 3.63) is 34.1 Å². The minimum atomic E-state index is -0.335. The Morgan fingerprint density at radius 2 is 2.33 bits per heavy atom. The van der Waals surface area contributed by atoms with Gasteiger partial charge in [0.1, 0.15) is 5.82 Å². The molecular formula is C10H11BrFNOS. The van der Waals surface area contributed by atoms with Crippen LogP contribution in [0.15, 0.2) is 22.7 Å². The van der Waals surface area contributed by atoms with Gasteiger partial charge in [-0.3, -0.25) is 4.79 Å². The molecule has 0 aliphatic carbocycles. The summed E-state index contributed by atoms with van der Waals surface area (Å²) in [6.07, 6.45) is 0. The van der Waals surface area contributed by atoms with E-state index in [4.69, 9.17) is 5.73 Å². The maximum Gasteiger partial charge on any atom is 0.230 e. The molecular weight excluding hydrogens is 281 g/mol. The summed E-state index contributed by atoms with van der Waals surface area (Å²) in [5.74, 6) is 0.0159. The van der Waals surface area contributed by atoms with Gasteiger partial charge in [-0.15, -0.1) is 11.8 Å². The first-order valence-electron chi connectivity index (χ1n) is 4.35. The molecule has 0 fully saturated rings. The van der Waals surface area contributed by atoms with Crippen molar-refractivity contribution in [1.29, 1.82) is 0 Å². The highest BCUT2D eigenvalue weighted by Crippen LogP contribution is 2.24. The lowest BCUT2D eigenvalue weighted by Gasteiger charge is -2.08. The van der Waals surface area contributed by atoms with Gasteiger partial charge in [0.2, 0.25) is 5.91 Å². The monoisotopic (exact) mass is 291 g/mol. The van der Waals surface area contributed by atoms with Crippen LogP contribution < -0.4 is 5.73 Å². The Labute approximate surface area is 101 Å². The average Bonchev–Trinajstić information content (AvgIpc) is 2.15. The summed E-state index contributed by atoms with van der Waals surface area (Å²) in [6, 6.07) is 4.50. The third kappa shape index (κ3) is 3.83. The van der Waals surface area contributed by atoms with E-state index >= 15 is 0 Å². The van der Waals surface area contributed by atoms with Crippen molar-refractivity contribution < 1.29 is 9.18 Å². The molecule has 82 valence electrons. The van der Waals surface area contributed by atoms with E-state index in [1.54, 1.807) is 13.0 Å². The summed E-state index contributed by atoms with van der Waals surface area (Å²) in [4.78, 5) is 10.8. The van der Waals surface area contributed by atoms with Gasteiger partial charge >= 0.3 is 0 Å². The summed E-state index contributed by atoms with van der Waals surface area (Å²) in [5.41, 5.74) is 6.08. The lowest BCUT2D eigenvalue weighted by Crippen LogP contribution is -2.22. The van der Waals surface area contributed by atoms with Gasteiger partial charge in [0, 0.05) is 10.2 Å². The van der Waals surface area contributed by atoms with Gasteiger partial charge in [-0.2, -0.15) is 0 Å². The maximum atomic E-state index is 12.8. The molecule has 0 bridgehead atoms. The number of halogens is 2. The second-order valence-electron chi connectivity index (χ2n) is 3.09. The fraction of sp³-hybridized carbons (Fsp3) is 0.300. The zero-order valence-electron chi connectivity index (χ0n) is 8.17. The second-order valence-corrected chi connectivity index (χ2v) is 5.27. The molecule has 5 heteroatoms. The third-order valence-electron chi connectivity index (χ3n) is 1.90. The lowest BCUT2D eigenvalue weighted by atomic mass is 10.2. The van der Waals surface area contributed by atoms with Crippen LogP contribution >= 0.6 is 27.7 Å². The number of benzene rings is 1. The molecule has 1 rings (SSSR count). The zero-order chi connectivity index (χ0) is 11.4. The van der Waals surface area contributed by atoms with Gasteiger partial charge < -0.3 is 5.73 Å². The number of nitrogens with two attached hydrogens (primary N) is 1. The molecule has 2 nitrogen and oxygen atoms in total. The minimum Gasteiger partial charge on any atom is -0.369 e. The van der Waals surface area contributed by atoms with Crippen molar-refractivity contribution in [3.63, 3.8) is 0 Å². The topological polar surface area (TPSA) is 43.1 Å². The van der Waals surface area contributed by atoms with Crippen molar-refractivity contribution in [1.82, 2.24) is 0 Å². The Morgan fingerprint density at radius 1 is 1.67 bits per heavy atom. The van der Waals surface area contributed by atoms with Gasteiger partial charge in [0.05, 0.1) is 5.25 Å². The van der Waals surface area contributed by atoms with E-state index in [-0.39, 0.29) is 17.0 Å². The molecule has 0 aliphatic heterocycles. The first-order chi connectivity index (χ1) is 7.00. The molecule has 0 heterocycles. The van der Waals surface area contributed by atoms with Crippen molar-refractivity contribution in [2.45, 2.75) is 17.9 Å². The number of carbonyl (C=O) groups is 1. The van der Waals surface area contributed by atoms with Crippen LogP contribution in [-0.4, -0.2) is 11.2 Å². The predicted molar refractivity (Wildman–Crippen MR) is 64.1 cm³/mol. The Bertz CT molecular complexity index is 372. The Hall–Kier alpha value is -0.550. The number of primary amides is 1. The minimum absolute atomic E-state index is 0.234. The van der Waals surface area contributed by atoms with Gasteiger partial charge in [-0.25, -0.2) is 4.39 Å². The summed E-state index contributed by atoms with van der Waals surface area (Å²) >= 11 is 4.70. The largest absolute Gasteiger partial charge is 0.369 e. The molecule has 15 heavy (non-hydrogen) atoms. The van der Waals surface area contributed by atoms with Gasteiger partial charge in [0.15, 0.2) is 0 Å². The van der Waals surface area contributed by atoms with Crippen molar-refractivity contribution in [2.75, 3.05) is 0 Å². The van der Waals surface area contributed by atoms with Gasteiger partial charge in [-0.05, 0) is 24.6 Å². The van der Waals surface area contributed by atoms with E-state index in [0.29, 0.717) is 10.2 Å². The Morgan fingerprint density at radius 3 is 2.87 bits per heavy atom. The molecule has 0 spiro atoms. The van der Waals surface area contributed by atoms with Crippen LogP contribution in [0.1, 0.15) is 12.5 Å². The van der Waals surface area contributed by atoms with E-state index in [9.17, 15) is 9.18 Å². The number of carbonyl (C=O) groups excluding carboxylic acids is 1. The fourth-order valence-corrected chi connectivity index (χ4v) is 2.46. The van der Waals surface area contributed by atoms with Crippen LogP contribution in [0.4, 0.5) is 4.39 Å².